The van der Waals surface area contributed by atoms with Crippen LogP contribution in [0.3, 0.4) is 0 Å². The van der Waals surface area contributed by atoms with E-state index < -0.39 is 12.6 Å². The zero-order chi connectivity index (χ0) is 22.2. The number of carbonyl (C=O) groups is 2. The van der Waals surface area contributed by atoms with Gasteiger partial charge >= 0.3 is 5.97 Å². The minimum Gasteiger partial charge on any atom is -0.497 e. The van der Waals surface area contributed by atoms with Crippen molar-refractivity contribution in [2.45, 2.75) is 6.92 Å². The summed E-state index contributed by atoms with van der Waals surface area (Å²) in [5, 5.41) is 11.6. The summed E-state index contributed by atoms with van der Waals surface area (Å²) in [4.78, 5) is 25.6. The summed E-state index contributed by atoms with van der Waals surface area (Å²) in [6.45, 7) is 1.37. The van der Waals surface area contributed by atoms with Gasteiger partial charge in [-0.3, -0.25) is 4.79 Å². The predicted octanol–water partition coefficient (Wildman–Crippen LogP) is 2.75. The summed E-state index contributed by atoms with van der Waals surface area (Å²) in [6.07, 6.45) is 1.38. The van der Waals surface area contributed by atoms with Crippen molar-refractivity contribution in [3.05, 3.63) is 71.2 Å². The lowest BCUT2D eigenvalue weighted by molar-refractivity contribution is 0.0512. The molecule has 0 N–H and O–H groups in total. The highest BCUT2D eigenvalue weighted by Crippen LogP contribution is 2.18. The maximum atomic E-state index is 13.1. The number of ether oxygens (including phenoxy) is 3. The third-order valence-electron chi connectivity index (χ3n) is 4.02. The van der Waals surface area contributed by atoms with Crippen LogP contribution in [0.2, 0.25) is 0 Å². The van der Waals surface area contributed by atoms with Gasteiger partial charge in [0.25, 0.3) is 5.88 Å². The molecule has 1 aromatic heterocycles. The van der Waals surface area contributed by atoms with Gasteiger partial charge in [-0.25, -0.2) is 9.18 Å². The van der Waals surface area contributed by atoms with Crippen LogP contribution in [0.5, 0.6) is 11.6 Å². The van der Waals surface area contributed by atoms with Crippen molar-refractivity contribution in [2.24, 2.45) is 5.10 Å². The van der Waals surface area contributed by atoms with Crippen LogP contribution in [0.4, 0.5) is 4.39 Å². The molecule has 0 aliphatic carbocycles. The second-order valence-electron chi connectivity index (χ2n) is 6.09. The first-order valence-corrected chi connectivity index (χ1v) is 9.24. The SMILES string of the molecule is CCOC(=O)c1nnn(/N=C\c2ccc(F)cc2)c1OCC(=O)c1ccc(OC)cc1. The van der Waals surface area contributed by atoms with E-state index in [4.69, 9.17) is 14.2 Å². The Morgan fingerprint density at radius 3 is 2.48 bits per heavy atom. The molecule has 9 nitrogen and oxygen atoms in total. The Bertz CT molecular complexity index is 1080. The predicted molar refractivity (Wildman–Crippen MR) is 108 cm³/mol. The molecule has 0 amide bonds. The van der Waals surface area contributed by atoms with Gasteiger partial charge in [0.1, 0.15) is 11.6 Å². The van der Waals surface area contributed by atoms with E-state index >= 15 is 0 Å². The van der Waals surface area contributed by atoms with Crippen LogP contribution >= 0.6 is 0 Å². The van der Waals surface area contributed by atoms with Crippen LogP contribution in [-0.2, 0) is 4.74 Å². The Labute approximate surface area is 177 Å². The summed E-state index contributed by atoms with van der Waals surface area (Å²) in [7, 11) is 1.53. The number of aromatic nitrogens is 3. The molecule has 0 saturated heterocycles. The second kappa shape index (κ2) is 10.1. The van der Waals surface area contributed by atoms with E-state index in [-0.39, 0.29) is 29.8 Å². The Hall–Kier alpha value is -4.08. The molecule has 1 heterocycles. The third kappa shape index (κ3) is 5.50. The van der Waals surface area contributed by atoms with Gasteiger partial charge in [-0.05, 0) is 54.1 Å². The molecule has 10 heteroatoms. The maximum Gasteiger partial charge on any atom is 0.364 e. The Balaban J connectivity index is 1.81. The average Bonchev–Trinajstić information content (AvgIpc) is 3.20. The number of nitrogens with zero attached hydrogens (tertiary/aromatic N) is 4. The van der Waals surface area contributed by atoms with Crippen LogP contribution < -0.4 is 9.47 Å². The Morgan fingerprint density at radius 1 is 1.13 bits per heavy atom. The fraction of sp³-hybridized carbons (Fsp3) is 0.190. The van der Waals surface area contributed by atoms with Crippen LogP contribution in [0, 0.1) is 5.82 Å². The van der Waals surface area contributed by atoms with Crippen molar-refractivity contribution >= 4 is 18.0 Å². The van der Waals surface area contributed by atoms with Gasteiger partial charge in [0, 0.05) is 5.56 Å². The number of halogens is 1. The number of esters is 1. The molecule has 0 aliphatic rings. The molecule has 31 heavy (non-hydrogen) atoms. The highest BCUT2D eigenvalue weighted by molar-refractivity contribution is 5.97. The number of hydrogen-bond donors (Lipinski definition) is 0. The smallest absolute Gasteiger partial charge is 0.364 e. The highest BCUT2D eigenvalue weighted by Gasteiger charge is 2.24. The Morgan fingerprint density at radius 2 is 1.84 bits per heavy atom. The fourth-order valence-electron chi connectivity index (χ4n) is 2.46. The summed E-state index contributed by atoms with van der Waals surface area (Å²) < 4.78 is 28.6. The number of methoxy groups -OCH3 is 1. The van der Waals surface area contributed by atoms with E-state index in [1.807, 2.05) is 0 Å². The number of Topliss-reactive ketones (excluding diaryl/α,β-unsaturated/α-hetero) is 1. The van der Waals surface area contributed by atoms with Crippen LogP contribution in [-0.4, -0.2) is 53.4 Å². The number of ketones is 1. The van der Waals surface area contributed by atoms with E-state index in [0.29, 0.717) is 16.9 Å². The second-order valence-corrected chi connectivity index (χ2v) is 6.09. The molecular weight excluding hydrogens is 407 g/mol. The van der Waals surface area contributed by atoms with Crippen LogP contribution in [0.1, 0.15) is 33.3 Å². The molecule has 0 saturated carbocycles. The maximum absolute atomic E-state index is 13.1. The van der Waals surface area contributed by atoms with E-state index in [2.05, 4.69) is 15.4 Å². The largest absolute Gasteiger partial charge is 0.497 e. The first-order chi connectivity index (χ1) is 15.0. The van der Waals surface area contributed by atoms with Crippen molar-refractivity contribution in [1.29, 1.82) is 0 Å². The molecule has 3 rings (SSSR count). The molecule has 0 aliphatic heterocycles. The van der Waals surface area contributed by atoms with Crippen LogP contribution in [0.25, 0.3) is 0 Å². The Kier molecular flexibility index (Phi) is 7.05. The first-order valence-electron chi connectivity index (χ1n) is 9.24. The van der Waals surface area contributed by atoms with Crippen molar-refractivity contribution in [1.82, 2.24) is 15.1 Å². The zero-order valence-electron chi connectivity index (χ0n) is 16.8. The topological polar surface area (TPSA) is 105 Å². The van der Waals surface area contributed by atoms with Gasteiger partial charge in [0.05, 0.1) is 19.9 Å². The van der Waals surface area contributed by atoms with E-state index in [1.165, 1.54) is 37.6 Å². The monoisotopic (exact) mass is 426 g/mol. The number of carbonyl (C=O) groups excluding carboxylic acids is 2. The van der Waals surface area contributed by atoms with Gasteiger partial charge in [-0.2, -0.15) is 5.10 Å². The first kappa shape index (κ1) is 21.6. The molecule has 0 fully saturated rings. The summed E-state index contributed by atoms with van der Waals surface area (Å²) in [5.41, 5.74) is 0.753. The van der Waals surface area contributed by atoms with E-state index in [9.17, 15) is 14.0 Å². The molecule has 160 valence electrons. The number of rotatable bonds is 9. The molecule has 0 atom stereocenters. The van der Waals surface area contributed by atoms with Crippen molar-refractivity contribution < 1.29 is 28.2 Å². The quantitative estimate of drug-likeness (QED) is 0.294. The molecule has 3 aromatic rings. The third-order valence-corrected chi connectivity index (χ3v) is 4.02. The number of benzene rings is 2. The zero-order valence-corrected chi connectivity index (χ0v) is 16.8. The van der Waals surface area contributed by atoms with Gasteiger partial charge in [-0.1, -0.05) is 16.9 Å². The lowest BCUT2D eigenvalue weighted by Gasteiger charge is -2.07. The van der Waals surface area contributed by atoms with Crippen LogP contribution in [0.15, 0.2) is 53.6 Å². The lowest BCUT2D eigenvalue weighted by Crippen LogP contribution is -2.15. The summed E-state index contributed by atoms with van der Waals surface area (Å²) in [5.74, 6) is -1.04. The summed E-state index contributed by atoms with van der Waals surface area (Å²) >= 11 is 0. The van der Waals surface area contributed by atoms with Gasteiger partial charge in [-0.15, -0.1) is 5.10 Å². The minimum absolute atomic E-state index is 0.120. The lowest BCUT2D eigenvalue weighted by atomic mass is 10.1. The molecule has 2 aromatic carbocycles. The van der Waals surface area contributed by atoms with Gasteiger partial charge in [0.2, 0.25) is 5.69 Å². The molecule has 0 unspecified atom stereocenters. The van der Waals surface area contributed by atoms with E-state index in [1.54, 1.807) is 31.2 Å². The normalized spacial score (nSPS) is 10.8. The fourth-order valence-corrected chi connectivity index (χ4v) is 2.46. The van der Waals surface area contributed by atoms with Gasteiger partial charge in [0.15, 0.2) is 12.4 Å². The van der Waals surface area contributed by atoms with E-state index in [0.717, 1.165) is 4.79 Å². The molecule has 0 spiro atoms. The standard InChI is InChI=1S/C21H19FN4O5/c1-3-30-21(28)19-20(31-13-18(27)15-6-10-17(29-2)11-7-15)26(25-24-19)23-12-14-4-8-16(22)9-5-14/h4-12H,3,13H2,1-2H3/b23-12-. The van der Waals surface area contributed by atoms with Crippen molar-refractivity contribution in [3.63, 3.8) is 0 Å². The molecular formula is C21H19FN4O5. The van der Waals surface area contributed by atoms with Gasteiger partial charge < -0.3 is 14.2 Å². The van der Waals surface area contributed by atoms with Crippen molar-refractivity contribution in [3.8, 4) is 11.6 Å². The molecule has 0 radical (unpaired) electrons. The number of hydrogen-bond acceptors (Lipinski definition) is 8. The highest BCUT2D eigenvalue weighted by atomic mass is 19.1. The average molecular weight is 426 g/mol. The minimum atomic E-state index is -0.766. The summed E-state index contributed by atoms with van der Waals surface area (Å²) in [6, 6.07) is 12.1. The molecule has 0 bridgehead atoms. The van der Waals surface area contributed by atoms with Crippen molar-refractivity contribution in [2.75, 3.05) is 20.3 Å².